The second-order valence-electron chi connectivity index (χ2n) is 14.4. The maximum atomic E-state index is 6.54. The molecule has 0 saturated heterocycles. The zero-order valence-corrected chi connectivity index (χ0v) is 30.6. The van der Waals surface area contributed by atoms with Crippen molar-refractivity contribution in [3.63, 3.8) is 0 Å². The lowest BCUT2D eigenvalue weighted by atomic mass is 9.93. The first-order valence-corrected chi connectivity index (χ1v) is 19.2. The van der Waals surface area contributed by atoms with Crippen molar-refractivity contribution in [3.05, 3.63) is 212 Å². The average molecular weight is 714 g/mol. The van der Waals surface area contributed by atoms with Crippen LogP contribution in [0.2, 0.25) is 0 Å². The van der Waals surface area contributed by atoms with E-state index in [2.05, 4.69) is 217 Å². The van der Waals surface area contributed by atoms with E-state index in [-0.39, 0.29) is 0 Å². The molecule has 0 unspecified atom stereocenters. The van der Waals surface area contributed by atoms with E-state index in [0.29, 0.717) is 0 Å². The minimum absolute atomic E-state index is 0.899. The maximum Gasteiger partial charge on any atom is 0.143 e. The highest BCUT2D eigenvalue weighted by Crippen LogP contribution is 2.44. The summed E-state index contributed by atoms with van der Waals surface area (Å²) >= 11 is 0. The number of anilines is 3. The molecule has 11 aromatic rings. The van der Waals surface area contributed by atoms with Crippen LogP contribution < -0.4 is 4.90 Å². The zero-order chi connectivity index (χ0) is 37.0. The summed E-state index contributed by atoms with van der Waals surface area (Å²) < 4.78 is 6.54. The van der Waals surface area contributed by atoms with Gasteiger partial charge in [-0.05, 0) is 103 Å². The van der Waals surface area contributed by atoms with Crippen molar-refractivity contribution in [2.24, 2.45) is 0 Å². The van der Waals surface area contributed by atoms with Gasteiger partial charge in [-0.3, -0.25) is 0 Å². The second kappa shape index (κ2) is 13.2. The number of hydrogen-bond acceptors (Lipinski definition) is 2. The first kappa shape index (κ1) is 32.0. The van der Waals surface area contributed by atoms with Gasteiger partial charge in [0.05, 0.1) is 5.69 Å². The van der Waals surface area contributed by atoms with Crippen molar-refractivity contribution < 1.29 is 4.42 Å². The largest absolute Gasteiger partial charge is 0.455 e. The van der Waals surface area contributed by atoms with Crippen LogP contribution in [0.5, 0.6) is 0 Å². The Kier molecular flexibility index (Phi) is 7.53. The van der Waals surface area contributed by atoms with Crippen LogP contribution in [0.15, 0.2) is 217 Å². The lowest BCUT2D eigenvalue weighted by Crippen LogP contribution is -2.11. The Morgan fingerprint density at radius 2 is 0.893 bits per heavy atom. The van der Waals surface area contributed by atoms with Crippen LogP contribution >= 0.6 is 0 Å². The van der Waals surface area contributed by atoms with Gasteiger partial charge in [-0.1, -0.05) is 164 Å². The number of rotatable bonds is 6. The monoisotopic (exact) mass is 713 g/mol. The van der Waals surface area contributed by atoms with Gasteiger partial charge in [-0.15, -0.1) is 0 Å². The fourth-order valence-electron chi connectivity index (χ4n) is 8.63. The van der Waals surface area contributed by atoms with E-state index < -0.39 is 0 Å². The molecule has 262 valence electrons. The summed E-state index contributed by atoms with van der Waals surface area (Å²) in [4.78, 5) is 2.38. The predicted molar refractivity (Wildman–Crippen MR) is 237 cm³/mol. The Morgan fingerprint density at radius 3 is 1.66 bits per heavy atom. The minimum Gasteiger partial charge on any atom is -0.455 e. The van der Waals surface area contributed by atoms with E-state index in [1.165, 1.54) is 49.2 Å². The van der Waals surface area contributed by atoms with Crippen LogP contribution in [0, 0.1) is 0 Å². The van der Waals surface area contributed by atoms with Gasteiger partial charge < -0.3 is 9.32 Å². The van der Waals surface area contributed by atoms with Gasteiger partial charge >= 0.3 is 0 Å². The third-order valence-corrected chi connectivity index (χ3v) is 11.3. The summed E-state index contributed by atoms with van der Waals surface area (Å²) in [6, 6.07) is 76.4. The molecule has 0 aliphatic rings. The van der Waals surface area contributed by atoms with Gasteiger partial charge in [0.1, 0.15) is 11.2 Å². The Balaban J connectivity index is 1.05. The number of furan rings is 1. The van der Waals surface area contributed by atoms with E-state index >= 15 is 0 Å². The van der Waals surface area contributed by atoms with Crippen LogP contribution in [0.1, 0.15) is 0 Å². The van der Waals surface area contributed by atoms with E-state index in [9.17, 15) is 0 Å². The molecular formula is C54H35NO. The fraction of sp³-hybridized carbons (Fsp3) is 0. The van der Waals surface area contributed by atoms with Crippen LogP contribution in [0.25, 0.3) is 87.6 Å². The molecule has 2 nitrogen and oxygen atoms in total. The normalized spacial score (nSPS) is 11.6. The zero-order valence-electron chi connectivity index (χ0n) is 30.6. The molecule has 0 aliphatic carbocycles. The summed E-state index contributed by atoms with van der Waals surface area (Å²) in [5.74, 6) is 0. The third kappa shape index (κ3) is 5.26. The molecule has 0 aliphatic heterocycles. The summed E-state index contributed by atoms with van der Waals surface area (Å²) in [5, 5.41) is 9.65. The van der Waals surface area contributed by atoms with Gasteiger partial charge in [0.15, 0.2) is 0 Å². The van der Waals surface area contributed by atoms with Crippen molar-refractivity contribution in [1.82, 2.24) is 0 Å². The maximum absolute atomic E-state index is 6.54. The standard InChI is InChI=1S/C54H35NO/c1-2-13-36(14-3-1)44-18-10-11-23-51(44)55(42-32-27-39(28-33-42)50-35-40-16-5-6-17-43(40)47-20-8-9-21-48(47)50)41-30-25-38(26-31-41)45-22-12-24-52-53(45)49-34-29-37-15-4-7-19-46(37)54(49)56-52/h1-35H. The van der Waals surface area contributed by atoms with E-state index in [4.69, 9.17) is 4.42 Å². The SMILES string of the molecule is c1ccc(-c2ccccc2N(c2ccc(-c3cc4ccccc4c4ccccc34)cc2)c2ccc(-c3cccc4oc5c6ccccc6ccc5c34)cc2)cc1. The third-order valence-electron chi connectivity index (χ3n) is 11.3. The quantitative estimate of drug-likeness (QED) is 0.160. The molecule has 0 N–H and O–H groups in total. The summed E-state index contributed by atoms with van der Waals surface area (Å²) in [6.45, 7) is 0. The smallest absolute Gasteiger partial charge is 0.143 e. The highest BCUT2D eigenvalue weighted by Gasteiger charge is 2.19. The number of para-hydroxylation sites is 1. The molecule has 0 fully saturated rings. The molecular weight excluding hydrogens is 679 g/mol. The first-order valence-electron chi connectivity index (χ1n) is 19.2. The van der Waals surface area contributed by atoms with E-state index in [1.807, 2.05) is 0 Å². The van der Waals surface area contributed by atoms with Crippen LogP contribution in [0.3, 0.4) is 0 Å². The molecule has 0 saturated carbocycles. The molecule has 2 heteroatoms. The molecule has 0 atom stereocenters. The molecule has 0 amide bonds. The van der Waals surface area contributed by atoms with Crippen molar-refractivity contribution in [3.8, 4) is 33.4 Å². The lowest BCUT2D eigenvalue weighted by molar-refractivity contribution is 0.673. The van der Waals surface area contributed by atoms with Gasteiger partial charge in [0, 0.05) is 33.1 Å². The highest BCUT2D eigenvalue weighted by atomic mass is 16.3. The Bertz CT molecular complexity index is 3230. The molecule has 1 heterocycles. The Morgan fingerprint density at radius 1 is 0.321 bits per heavy atom. The van der Waals surface area contributed by atoms with Crippen molar-refractivity contribution >= 4 is 71.3 Å². The molecule has 0 spiro atoms. The molecule has 10 aromatic carbocycles. The van der Waals surface area contributed by atoms with Crippen molar-refractivity contribution in [2.45, 2.75) is 0 Å². The van der Waals surface area contributed by atoms with Gasteiger partial charge in [0.2, 0.25) is 0 Å². The van der Waals surface area contributed by atoms with Gasteiger partial charge in [-0.25, -0.2) is 0 Å². The lowest BCUT2D eigenvalue weighted by Gasteiger charge is -2.28. The predicted octanol–water partition coefficient (Wildman–Crippen LogP) is 15.5. The summed E-state index contributed by atoms with van der Waals surface area (Å²) in [6.07, 6.45) is 0. The molecule has 1 aromatic heterocycles. The minimum atomic E-state index is 0.899. The average Bonchev–Trinajstić information content (AvgIpc) is 3.67. The summed E-state index contributed by atoms with van der Waals surface area (Å²) in [5.41, 5.74) is 12.2. The molecule has 0 bridgehead atoms. The topological polar surface area (TPSA) is 16.4 Å². The van der Waals surface area contributed by atoms with Gasteiger partial charge in [0.25, 0.3) is 0 Å². The van der Waals surface area contributed by atoms with Crippen LogP contribution in [-0.4, -0.2) is 0 Å². The van der Waals surface area contributed by atoms with Crippen LogP contribution in [0.4, 0.5) is 17.1 Å². The van der Waals surface area contributed by atoms with E-state index in [1.54, 1.807) is 0 Å². The number of nitrogens with zero attached hydrogens (tertiary/aromatic N) is 1. The van der Waals surface area contributed by atoms with E-state index in [0.717, 1.165) is 55.5 Å². The number of benzene rings is 10. The summed E-state index contributed by atoms with van der Waals surface area (Å²) in [7, 11) is 0. The highest BCUT2D eigenvalue weighted by molar-refractivity contribution is 6.19. The second-order valence-corrected chi connectivity index (χ2v) is 14.4. The van der Waals surface area contributed by atoms with Crippen LogP contribution in [-0.2, 0) is 0 Å². The van der Waals surface area contributed by atoms with Crippen molar-refractivity contribution in [2.75, 3.05) is 4.90 Å². The first-order chi connectivity index (χ1) is 27.8. The molecule has 56 heavy (non-hydrogen) atoms. The number of fused-ring (bicyclic) bond motifs is 8. The fourth-order valence-corrected chi connectivity index (χ4v) is 8.63. The van der Waals surface area contributed by atoms with Crippen molar-refractivity contribution in [1.29, 1.82) is 0 Å². The molecule has 0 radical (unpaired) electrons. The van der Waals surface area contributed by atoms with Gasteiger partial charge in [-0.2, -0.15) is 0 Å². The number of hydrogen-bond donors (Lipinski definition) is 0. The molecule has 11 rings (SSSR count). The Labute approximate surface area is 325 Å². The Hall–Kier alpha value is -7.42.